The fourth-order valence-corrected chi connectivity index (χ4v) is 5.45. The number of carbonyl (C=O) groups is 1. The van der Waals surface area contributed by atoms with Crippen molar-refractivity contribution in [1.82, 2.24) is 10.2 Å². The zero-order chi connectivity index (χ0) is 28.1. The van der Waals surface area contributed by atoms with Gasteiger partial charge in [-0.05, 0) is 62.0 Å². The van der Waals surface area contributed by atoms with Crippen molar-refractivity contribution in [3.05, 3.63) is 88.3 Å². The van der Waals surface area contributed by atoms with Crippen molar-refractivity contribution < 1.29 is 31.5 Å². The summed E-state index contributed by atoms with van der Waals surface area (Å²) >= 11 is 6.08. The summed E-state index contributed by atoms with van der Waals surface area (Å²) in [5.74, 6) is -5.20. The van der Waals surface area contributed by atoms with Crippen molar-refractivity contribution in [3.63, 3.8) is 0 Å². The third-order valence-electron chi connectivity index (χ3n) is 7.23. The normalized spacial score (nSPS) is 25.3. The highest BCUT2D eigenvalue weighted by molar-refractivity contribution is 6.28. The predicted octanol–water partition coefficient (Wildman–Crippen LogP) is 4.70. The van der Waals surface area contributed by atoms with Gasteiger partial charge in [-0.15, -0.1) is 0 Å². The van der Waals surface area contributed by atoms with Crippen LogP contribution < -0.4 is 10.3 Å². The first-order chi connectivity index (χ1) is 18.5. The van der Waals surface area contributed by atoms with E-state index < -0.39 is 46.7 Å². The summed E-state index contributed by atoms with van der Waals surface area (Å²) in [5, 5.41) is 8.55. The van der Waals surface area contributed by atoms with Crippen LogP contribution in [0.25, 0.3) is 0 Å². The van der Waals surface area contributed by atoms with Gasteiger partial charge in [-0.2, -0.15) is 5.10 Å². The SMILES string of the molecule is COC1CN(C)CC1NC(=O)C1(C)C(c2ccc(Cl)o2)C(c2ccc(F)cc2F)=NN1c1ccc(F)cc1F. The Balaban J connectivity index is 1.70. The van der Waals surface area contributed by atoms with Crippen LogP contribution in [0.15, 0.2) is 58.0 Å². The van der Waals surface area contributed by atoms with Crippen molar-refractivity contribution in [2.75, 3.05) is 32.3 Å². The number of ether oxygens (including phenoxy) is 1. The van der Waals surface area contributed by atoms with E-state index in [0.717, 1.165) is 23.2 Å². The van der Waals surface area contributed by atoms with Crippen LogP contribution in [0.1, 0.15) is 24.2 Å². The van der Waals surface area contributed by atoms with Crippen LogP contribution in [-0.2, 0) is 9.53 Å². The van der Waals surface area contributed by atoms with Gasteiger partial charge >= 0.3 is 0 Å². The van der Waals surface area contributed by atoms with Crippen molar-refractivity contribution in [2.45, 2.75) is 30.5 Å². The maximum absolute atomic E-state index is 15.2. The fourth-order valence-electron chi connectivity index (χ4n) is 5.30. The highest BCUT2D eigenvalue weighted by atomic mass is 35.5. The summed E-state index contributed by atoms with van der Waals surface area (Å²) in [6.07, 6.45) is -0.327. The highest BCUT2D eigenvalue weighted by Crippen LogP contribution is 2.46. The number of hydrogen-bond acceptors (Lipinski definition) is 6. The largest absolute Gasteiger partial charge is 0.449 e. The lowest BCUT2D eigenvalue weighted by Crippen LogP contribution is -2.60. The van der Waals surface area contributed by atoms with Crippen LogP contribution in [0.4, 0.5) is 23.2 Å². The number of hydrogen-bond donors (Lipinski definition) is 1. The van der Waals surface area contributed by atoms with Gasteiger partial charge in [0.25, 0.3) is 0 Å². The van der Waals surface area contributed by atoms with Gasteiger partial charge in [0.05, 0.1) is 29.5 Å². The van der Waals surface area contributed by atoms with Crippen LogP contribution in [0.2, 0.25) is 5.22 Å². The molecule has 1 aromatic heterocycles. The number of amides is 1. The minimum absolute atomic E-state index is 0.00466. The molecular formula is C27H25ClF4N4O3. The maximum atomic E-state index is 15.2. The summed E-state index contributed by atoms with van der Waals surface area (Å²) in [7, 11) is 3.41. The van der Waals surface area contributed by atoms with E-state index in [1.807, 2.05) is 11.9 Å². The third kappa shape index (κ3) is 4.79. The van der Waals surface area contributed by atoms with E-state index in [2.05, 4.69) is 10.4 Å². The molecule has 12 heteroatoms. The molecule has 0 saturated carbocycles. The minimum Gasteiger partial charge on any atom is -0.449 e. The number of rotatable bonds is 6. The van der Waals surface area contributed by atoms with Crippen LogP contribution in [0.3, 0.4) is 0 Å². The van der Waals surface area contributed by atoms with Crippen LogP contribution >= 0.6 is 11.6 Å². The van der Waals surface area contributed by atoms with E-state index in [0.29, 0.717) is 25.2 Å². The Morgan fingerprint density at radius 1 is 1.08 bits per heavy atom. The molecule has 1 amide bonds. The monoisotopic (exact) mass is 564 g/mol. The fraction of sp³-hybridized carbons (Fsp3) is 0.333. The standard InChI is InChI=1S/C27H25ClF4N4O3/c1-27(26(37)33-19-12-35(2)13-22(19)38-3)24(21-8-9-23(28)39-21)25(16-6-4-14(29)10-17(16)31)34-36(27)20-7-5-15(30)11-18(20)32/h4-11,19,22,24H,12-13H2,1-3H3,(H,33,37). The molecule has 3 heterocycles. The van der Waals surface area contributed by atoms with Gasteiger partial charge in [0.1, 0.15) is 23.2 Å². The molecule has 5 rings (SSSR count). The molecule has 39 heavy (non-hydrogen) atoms. The van der Waals surface area contributed by atoms with Gasteiger partial charge in [-0.3, -0.25) is 4.79 Å². The van der Waals surface area contributed by atoms with Crippen LogP contribution in [0.5, 0.6) is 0 Å². The molecule has 0 aliphatic carbocycles. The molecule has 0 bridgehead atoms. The first-order valence-electron chi connectivity index (χ1n) is 12.1. The van der Waals surface area contributed by atoms with Crippen molar-refractivity contribution in [2.24, 2.45) is 5.10 Å². The average Bonchev–Trinajstić information content (AvgIpc) is 3.54. The van der Waals surface area contributed by atoms with Crippen molar-refractivity contribution in [3.8, 4) is 0 Å². The van der Waals surface area contributed by atoms with E-state index in [4.69, 9.17) is 20.8 Å². The first-order valence-corrected chi connectivity index (χ1v) is 12.5. The summed E-state index contributed by atoms with van der Waals surface area (Å²) in [5.41, 5.74) is -2.18. The van der Waals surface area contributed by atoms with Gasteiger partial charge in [-0.25, -0.2) is 22.6 Å². The van der Waals surface area contributed by atoms with E-state index in [1.54, 1.807) is 0 Å². The lowest BCUT2D eigenvalue weighted by molar-refractivity contribution is -0.127. The van der Waals surface area contributed by atoms with Gasteiger partial charge in [0.2, 0.25) is 5.91 Å². The molecule has 3 aromatic rings. The van der Waals surface area contributed by atoms with Crippen molar-refractivity contribution in [1.29, 1.82) is 0 Å². The number of nitrogens with one attached hydrogen (secondary N) is 1. The second-order valence-corrected chi connectivity index (χ2v) is 10.2. The van der Waals surface area contributed by atoms with Gasteiger partial charge in [-0.1, -0.05) is 0 Å². The van der Waals surface area contributed by atoms with Crippen molar-refractivity contribution >= 4 is 28.9 Å². The number of likely N-dealkylation sites (tertiary alicyclic amines) is 1. The topological polar surface area (TPSA) is 70.3 Å². The predicted molar refractivity (Wildman–Crippen MR) is 137 cm³/mol. The second kappa shape index (κ2) is 10.3. The van der Waals surface area contributed by atoms with E-state index in [9.17, 15) is 13.6 Å². The Morgan fingerprint density at radius 2 is 1.77 bits per heavy atom. The van der Waals surface area contributed by atoms with Gasteiger partial charge < -0.3 is 19.4 Å². The Morgan fingerprint density at radius 3 is 2.38 bits per heavy atom. The highest BCUT2D eigenvalue weighted by Gasteiger charge is 2.57. The van der Waals surface area contributed by atoms with E-state index in [1.165, 1.54) is 32.2 Å². The number of likely N-dealkylation sites (N-methyl/N-ethyl adjacent to an activating group) is 1. The summed E-state index contributed by atoms with van der Waals surface area (Å²) in [4.78, 5) is 16.2. The van der Waals surface area contributed by atoms with Gasteiger partial charge in [0.15, 0.2) is 16.6 Å². The van der Waals surface area contributed by atoms with Gasteiger partial charge in [0, 0.05) is 37.9 Å². The number of halogens is 5. The number of methoxy groups -OCH3 is 1. The molecule has 4 unspecified atom stereocenters. The smallest absolute Gasteiger partial charge is 0.249 e. The molecule has 2 aromatic carbocycles. The number of benzene rings is 2. The van der Waals surface area contributed by atoms with E-state index >= 15 is 8.78 Å². The Kier molecular flexibility index (Phi) is 7.17. The first kappa shape index (κ1) is 27.2. The number of carbonyl (C=O) groups excluding carboxylic acids is 1. The molecule has 1 N–H and O–H groups in total. The number of nitrogens with zero attached hydrogens (tertiary/aromatic N) is 3. The molecule has 7 nitrogen and oxygen atoms in total. The average molecular weight is 565 g/mol. The minimum atomic E-state index is -1.78. The van der Waals surface area contributed by atoms with Crippen LogP contribution in [-0.4, -0.2) is 61.5 Å². The molecule has 0 spiro atoms. The maximum Gasteiger partial charge on any atom is 0.249 e. The summed E-state index contributed by atoms with van der Waals surface area (Å²) in [6, 6.07) is 8.23. The molecule has 1 saturated heterocycles. The number of hydrazone groups is 1. The Bertz CT molecular complexity index is 1450. The summed E-state index contributed by atoms with van der Waals surface area (Å²) in [6.45, 7) is 2.53. The zero-order valence-electron chi connectivity index (χ0n) is 21.2. The lowest BCUT2D eigenvalue weighted by Gasteiger charge is -2.38. The lowest BCUT2D eigenvalue weighted by atomic mass is 9.78. The molecule has 4 atom stereocenters. The molecular weight excluding hydrogens is 540 g/mol. The summed E-state index contributed by atoms with van der Waals surface area (Å²) < 4.78 is 69.2. The molecule has 206 valence electrons. The Labute approximate surface area is 227 Å². The molecule has 2 aliphatic rings. The van der Waals surface area contributed by atoms with E-state index in [-0.39, 0.29) is 34.0 Å². The zero-order valence-corrected chi connectivity index (χ0v) is 22.0. The molecule has 1 fully saturated rings. The molecule has 2 aliphatic heterocycles. The number of anilines is 1. The molecule has 0 radical (unpaired) electrons. The quantitative estimate of drug-likeness (QED) is 0.440. The Hall–Kier alpha value is -3.41. The number of furan rings is 1. The van der Waals surface area contributed by atoms with Crippen LogP contribution in [0, 0.1) is 23.3 Å². The second-order valence-electron chi connectivity index (χ2n) is 9.81. The third-order valence-corrected chi connectivity index (χ3v) is 7.44.